The van der Waals surface area contributed by atoms with Gasteiger partial charge in [0.15, 0.2) is 11.5 Å². The summed E-state index contributed by atoms with van der Waals surface area (Å²) in [7, 11) is 3.34. The van der Waals surface area contributed by atoms with Gasteiger partial charge in [-0.2, -0.15) is 0 Å². The summed E-state index contributed by atoms with van der Waals surface area (Å²) in [5.74, 6) is 1.56. The number of nitrogens with one attached hydrogen (secondary N) is 1. The van der Waals surface area contributed by atoms with E-state index in [4.69, 9.17) is 9.47 Å². The van der Waals surface area contributed by atoms with E-state index in [-0.39, 0.29) is 5.41 Å². The Bertz CT molecular complexity index is 423. The monoisotopic (exact) mass is 279 g/mol. The van der Waals surface area contributed by atoms with Crippen molar-refractivity contribution in [2.75, 3.05) is 14.2 Å². The molecule has 0 saturated carbocycles. The number of methoxy groups -OCH3 is 2. The van der Waals surface area contributed by atoms with Gasteiger partial charge in [-0.25, -0.2) is 0 Å². The molecule has 0 heterocycles. The van der Waals surface area contributed by atoms with Crippen LogP contribution in [0.2, 0.25) is 0 Å². The van der Waals surface area contributed by atoms with Gasteiger partial charge in [-0.15, -0.1) is 0 Å². The van der Waals surface area contributed by atoms with Crippen LogP contribution in [0.25, 0.3) is 0 Å². The zero-order valence-corrected chi connectivity index (χ0v) is 13.9. The third-order valence-corrected chi connectivity index (χ3v) is 3.97. The molecule has 2 atom stereocenters. The Morgan fingerprint density at radius 1 is 1.10 bits per heavy atom. The normalized spacial score (nSPS) is 14.8. The summed E-state index contributed by atoms with van der Waals surface area (Å²) in [6.07, 6.45) is 1.04. The minimum Gasteiger partial charge on any atom is -0.493 e. The first-order chi connectivity index (χ1) is 9.33. The second-order valence-electron chi connectivity index (χ2n) is 6.33. The highest BCUT2D eigenvalue weighted by atomic mass is 16.5. The van der Waals surface area contributed by atoms with Crippen LogP contribution in [-0.2, 0) is 0 Å². The average Bonchev–Trinajstić information content (AvgIpc) is 2.42. The first-order valence-electron chi connectivity index (χ1n) is 7.31. The summed E-state index contributed by atoms with van der Waals surface area (Å²) < 4.78 is 10.7. The summed E-state index contributed by atoms with van der Waals surface area (Å²) >= 11 is 0. The highest BCUT2D eigenvalue weighted by molar-refractivity contribution is 5.43. The van der Waals surface area contributed by atoms with Gasteiger partial charge in [0.25, 0.3) is 0 Å². The zero-order valence-electron chi connectivity index (χ0n) is 13.9. The molecule has 114 valence electrons. The molecule has 1 rings (SSSR count). The molecule has 0 bridgehead atoms. The molecule has 0 fully saturated rings. The molecule has 3 nitrogen and oxygen atoms in total. The first-order valence-corrected chi connectivity index (χ1v) is 7.31. The van der Waals surface area contributed by atoms with Crippen molar-refractivity contribution in [3.05, 3.63) is 23.8 Å². The molecule has 20 heavy (non-hydrogen) atoms. The van der Waals surface area contributed by atoms with Crippen LogP contribution in [0.15, 0.2) is 18.2 Å². The molecular weight excluding hydrogens is 250 g/mol. The second-order valence-corrected chi connectivity index (χ2v) is 6.33. The Morgan fingerprint density at radius 3 is 2.15 bits per heavy atom. The van der Waals surface area contributed by atoms with E-state index in [1.807, 2.05) is 6.07 Å². The second kappa shape index (κ2) is 6.98. The van der Waals surface area contributed by atoms with Crippen molar-refractivity contribution in [1.82, 2.24) is 5.32 Å². The molecule has 1 aromatic rings. The molecule has 3 heteroatoms. The van der Waals surface area contributed by atoms with E-state index < -0.39 is 0 Å². The fourth-order valence-electron chi connectivity index (χ4n) is 2.07. The first kappa shape index (κ1) is 16.8. The number of hydrogen-bond donors (Lipinski definition) is 1. The molecule has 2 unspecified atom stereocenters. The van der Waals surface area contributed by atoms with E-state index in [1.165, 1.54) is 5.56 Å². The third-order valence-electron chi connectivity index (χ3n) is 3.97. The molecule has 0 aliphatic carbocycles. The van der Waals surface area contributed by atoms with Crippen molar-refractivity contribution in [2.24, 2.45) is 5.41 Å². The fraction of sp³-hybridized carbons (Fsp3) is 0.647. The molecule has 0 saturated heterocycles. The van der Waals surface area contributed by atoms with Gasteiger partial charge < -0.3 is 14.8 Å². The molecule has 0 radical (unpaired) electrons. The maximum Gasteiger partial charge on any atom is 0.161 e. The molecular formula is C17H29NO2. The smallest absolute Gasteiger partial charge is 0.161 e. The van der Waals surface area contributed by atoms with Crippen LogP contribution in [0, 0.1) is 5.41 Å². The lowest BCUT2D eigenvalue weighted by molar-refractivity contribution is 0.260. The van der Waals surface area contributed by atoms with Crippen LogP contribution < -0.4 is 14.8 Å². The number of rotatable bonds is 6. The van der Waals surface area contributed by atoms with Crippen LogP contribution in [0.1, 0.15) is 52.6 Å². The molecule has 0 aliphatic rings. The lowest BCUT2D eigenvalue weighted by atomic mass is 9.87. The average molecular weight is 279 g/mol. The fourth-order valence-corrected chi connectivity index (χ4v) is 2.07. The predicted molar refractivity (Wildman–Crippen MR) is 84.6 cm³/mol. The van der Waals surface area contributed by atoms with Crippen molar-refractivity contribution in [3.8, 4) is 11.5 Å². The van der Waals surface area contributed by atoms with Gasteiger partial charge in [-0.1, -0.05) is 33.8 Å². The number of benzene rings is 1. The molecule has 0 amide bonds. The van der Waals surface area contributed by atoms with Crippen molar-refractivity contribution in [3.63, 3.8) is 0 Å². The maximum absolute atomic E-state index is 5.39. The highest BCUT2D eigenvalue weighted by Crippen LogP contribution is 2.32. The molecule has 1 N–H and O–H groups in total. The van der Waals surface area contributed by atoms with Gasteiger partial charge in [-0.05, 0) is 36.5 Å². The SMILES string of the molecule is CCC(NC(C)C(C)(C)C)c1ccc(OC)c(OC)c1. The Kier molecular flexibility index (Phi) is 5.88. The standard InChI is InChI=1S/C17H29NO2/c1-8-14(18-12(2)17(3,4)5)13-9-10-15(19-6)16(11-13)20-7/h9-12,14,18H,8H2,1-7H3. The van der Waals surface area contributed by atoms with E-state index in [0.717, 1.165) is 17.9 Å². The van der Waals surface area contributed by atoms with Crippen LogP contribution in [0.3, 0.4) is 0 Å². The molecule has 0 spiro atoms. The Hall–Kier alpha value is -1.22. The number of hydrogen-bond acceptors (Lipinski definition) is 3. The van der Waals surface area contributed by atoms with E-state index >= 15 is 0 Å². The van der Waals surface area contributed by atoms with E-state index in [1.54, 1.807) is 14.2 Å². The Morgan fingerprint density at radius 2 is 1.70 bits per heavy atom. The van der Waals surface area contributed by atoms with Gasteiger partial charge in [0.05, 0.1) is 14.2 Å². The van der Waals surface area contributed by atoms with Crippen molar-refractivity contribution < 1.29 is 9.47 Å². The van der Waals surface area contributed by atoms with Gasteiger partial charge in [0, 0.05) is 12.1 Å². The van der Waals surface area contributed by atoms with E-state index in [2.05, 4.69) is 52.1 Å². The minimum absolute atomic E-state index is 0.240. The summed E-state index contributed by atoms with van der Waals surface area (Å²) in [4.78, 5) is 0. The van der Waals surface area contributed by atoms with Gasteiger partial charge in [0.1, 0.15) is 0 Å². The topological polar surface area (TPSA) is 30.5 Å². The van der Waals surface area contributed by atoms with Crippen molar-refractivity contribution >= 4 is 0 Å². The Labute approximate surface area is 123 Å². The number of ether oxygens (including phenoxy) is 2. The van der Waals surface area contributed by atoms with Crippen LogP contribution in [0.4, 0.5) is 0 Å². The van der Waals surface area contributed by atoms with Gasteiger partial charge in [0.2, 0.25) is 0 Å². The van der Waals surface area contributed by atoms with Crippen molar-refractivity contribution in [1.29, 1.82) is 0 Å². The zero-order chi connectivity index (χ0) is 15.3. The van der Waals surface area contributed by atoms with Crippen LogP contribution >= 0.6 is 0 Å². The maximum atomic E-state index is 5.39. The minimum atomic E-state index is 0.240. The van der Waals surface area contributed by atoms with Crippen LogP contribution in [-0.4, -0.2) is 20.3 Å². The van der Waals surface area contributed by atoms with E-state index in [0.29, 0.717) is 12.1 Å². The lowest BCUT2D eigenvalue weighted by Gasteiger charge is -2.32. The molecule has 1 aromatic carbocycles. The Balaban J connectivity index is 2.95. The summed E-state index contributed by atoms with van der Waals surface area (Å²) in [5.41, 5.74) is 1.48. The molecule has 0 aliphatic heterocycles. The summed E-state index contributed by atoms with van der Waals surface area (Å²) in [6, 6.07) is 6.90. The quantitative estimate of drug-likeness (QED) is 0.847. The van der Waals surface area contributed by atoms with Crippen molar-refractivity contribution in [2.45, 2.75) is 53.1 Å². The lowest BCUT2D eigenvalue weighted by Crippen LogP contribution is -2.39. The van der Waals surface area contributed by atoms with E-state index in [9.17, 15) is 0 Å². The summed E-state index contributed by atoms with van der Waals surface area (Å²) in [5, 5.41) is 3.72. The van der Waals surface area contributed by atoms with Crippen LogP contribution in [0.5, 0.6) is 11.5 Å². The summed E-state index contributed by atoms with van der Waals surface area (Å²) in [6.45, 7) is 11.2. The van der Waals surface area contributed by atoms with Gasteiger partial charge >= 0.3 is 0 Å². The predicted octanol–water partition coefficient (Wildman–Crippen LogP) is 4.18. The molecule has 0 aromatic heterocycles. The highest BCUT2D eigenvalue weighted by Gasteiger charge is 2.23. The third kappa shape index (κ3) is 4.14. The van der Waals surface area contributed by atoms with Gasteiger partial charge in [-0.3, -0.25) is 0 Å². The largest absolute Gasteiger partial charge is 0.493 e.